The first-order valence-electron chi connectivity index (χ1n) is 7.55. The lowest BCUT2D eigenvalue weighted by molar-refractivity contribution is 0.146. The summed E-state index contributed by atoms with van der Waals surface area (Å²) in [5.74, 6) is 1.51. The van der Waals surface area contributed by atoms with Crippen LogP contribution >= 0.6 is 24.0 Å². The van der Waals surface area contributed by atoms with Crippen molar-refractivity contribution >= 4 is 29.9 Å². The van der Waals surface area contributed by atoms with Gasteiger partial charge in [0, 0.05) is 20.2 Å². The van der Waals surface area contributed by atoms with Crippen molar-refractivity contribution in [1.29, 1.82) is 0 Å². The fraction of sp³-hybridized carbons (Fsp3) is 0.562. The molecular formula is C16H26IN3O2. The molecule has 0 aliphatic carbocycles. The SMILES string of the molecule is COCCOc1ccc(CN=C(N)N2CCCCC2)cc1.I. The van der Waals surface area contributed by atoms with E-state index >= 15 is 0 Å². The van der Waals surface area contributed by atoms with Crippen LogP contribution in [0.15, 0.2) is 29.3 Å². The summed E-state index contributed by atoms with van der Waals surface area (Å²) in [5, 5.41) is 0. The highest BCUT2D eigenvalue weighted by molar-refractivity contribution is 14.0. The first-order valence-corrected chi connectivity index (χ1v) is 7.55. The van der Waals surface area contributed by atoms with Gasteiger partial charge >= 0.3 is 0 Å². The third-order valence-electron chi connectivity index (χ3n) is 3.58. The molecular weight excluding hydrogens is 393 g/mol. The van der Waals surface area contributed by atoms with Crippen molar-refractivity contribution < 1.29 is 9.47 Å². The molecule has 0 amide bonds. The molecule has 1 aliphatic rings. The van der Waals surface area contributed by atoms with Crippen LogP contribution in [0.25, 0.3) is 0 Å². The van der Waals surface area contributed by atoms with E-state index < -0.39 is 0 Å². The molecule has 0 unspecified atom stereocenters. The molecule has 1 aromatic rings. The summed E-state index contributed by atoms with van der Waals surface area (Å²) in [6, 6.07) is 7.96. The van der Waals surface area contributed by atoms with Crippen LogP contribution in [0.3, 0.4) is 0 Å². The number of methoxy groups -OCH3 is 1. The second kappa shape index (κ2) is 10.7. The summed E-state index contributed by atoms with van der Waals surface area (Å²) >= 11 is 0. The van der Waals surface area contributed by atoms with Crippen molar-refractivity contribution in [2.75, 3.05) is 33.4 Å². The minimum Gasteiger partial charge on any atom is -0.491 e. The van der Waals surface area contributed by atoms with E-state index in [2.05, 4.69) is 9.89 Å². The number of ether oxygens (including phenoxy) is 2. The number of guanidine groups is 1. The van der Waals surface area contributed by atoms with E-state index in [1.807, 2.05) is 24.3 Å². The Morgan fingerprint density at radius 1 is 1.14 bits per heavy atom. The Kier molecular flexibility index (Phi) is 9.22. The molecule has 22 heavy (non-hydrogen) atoms. The lowest BCUT2D eigenvalue weighted by atomic mass is 10.1. The highest BCUT2D eigenvalue weighted by Crippen LogP contribution is 2.13. The Morgan fingerprint density at radius 3 is 2.45 bits per heavy atom. The molecule has 0 radical (unpaired) electrons. The van der Waals surface area contributed by atoms with Crippen molar-refractivity contribution in [2.45, 2.75) is 25.8 Å². The van der Waals surface area contributed by atoms with E-state index in [9.17, 15) is 0 Å². The van der Waals surface area contributed by atoms with E-state index in [1.54, 1.807) is 7.11 Å². The van der Waals surface area contributed by atoms with Gasteiger partial charge in [0.25, 0.3) is 0 Å². The molecule has 0 aromatic heterocycles. The first kappa shape index (κ1) is 19.0. The number of rotatable bonds is 6. The predicted molar refractivity (Wildman–Crippen MR) is 100.0 cm³/mol. The van der Waals surface area contributed by atoms with Gasteiger partial charge < -0.3 is 20.1 Å². The molecule has 1 saturated heterocycles. The summed E-state index contributed by atoms with van der Waals surface area (Å²) < 4.78 is 10.5. The predicted octanol–water partition coefficient (Wildman–Crippen LogP) is 2.63. The number of piperidine rings is 1. The number of aliphatic imine (C=N–C) groups is 1. The summed E-state index contributed by atoms with van der Waals surface area (Å²) in [6.45, 7) is 3.83. The molecule has 2 rings (SSSR count). The summed E-state index contributed by atoms with van der Waals surface area (Å²) in [5.41, 5.74) is 7.18. The fourth-order valence-electron chi connectivity index (χ4n) is 2.33. The van der Waals surface area contributed by atoms with Crippen LogP contribution < -0.4 is 10.5 Å². The Labute approximate surface area is 149 Å². The van der Waals surface area contributed by atoms with Crippen molar-refractivity contribution in [3.05, 3.63) is 29.8 Å². The monoisotopic (exact) mass is 419 g/mol. The second-order valence-electron chi connectivity index (χ2n) is 5.21. The first-order chi connectivity index (χ1) is 10.3. The standard InChI is InChI=1S/C16H25N3O2.HI/c1-20-11-12-21-15-7-5-14(6-8-15)13-18-16(17)19-9-3-2-4-10-19;/h5-8H,2-4,9-13H2,1H3,(H2,17,18);1H. The maximum Gasteiger partial charge on any atom is 0.191 e. The number of hydrogen-bond acceptors (Lipinski definition) is 3. The zero-order valence-corrected chi connectivity index (χ0v) is 15.5. The van der Waals surface area contributed by atoms with Crippen molar-refractivity contribution in [3.63, 3.8) is 0 Å². The average molecular weight is 419 g/mol. The van der Waals surface area contributed by atoms with Crippen LogP contribution in [0.5, 0.6) is 5.75 Å². The maximum atomic E-state index is 6.04. The summed E-state index contributed by atoms with van der Waals surface area (Å²) in [7, 11) is 1.66. The maximum absolute atomic E-state index is 6.04. The van der Waals surface area contributed by atoms with Crippen molar-refractivity contribution in [3.8, 4) is 5.75 Å². The van der Waals surface area contributed by atoms with Crippen LogP contribution in [-0.2, 0) is 11.3 Å². The normalized spacial score (nSPS) is 15.3. The lowest BCUT2D eigenvalue weighted by Gasteiger charge is -2.27. The van der Waals surface area contributed by atoms with Gasteiger partial charge in [-0.15, -0.1) is 24.0 Å². The molecule has 6 heteroatoms. The van der Waals surface area contributed by atoms with Gasteiger partial charge in [0.15, 0.2) is 5.96 Å². The summed E-state index contributed by atoms with van der Waals surface area (Å²) in [6.07, 6.45) is 3.72. The number of hydrogen-bond donors (Lipinski definition) is 1. The van der Waals surface area contributed by atoms with E-state index in [0.29, 0.717) is 25.7 Å². The van der Waals surface area contributed by atoms with E-state index in [1.165, 1.54) is 19.3 Å². The van der Waals surface area contributed by atoms with E-state index in [4.69, 9.17) is 15.2 Å². The van der Waals surface area contributed by atoms with Crippen LogP contribution in [-0.4, -0.2) is 44.3 Å². The van der Waals surface area contributed by atoms with Gasteiger partial charge in [0.05, 0.1) is 13.2 Å². The highest BCUT2D eigenvalue weighted by atomic mass is 127. The van der Waals surface area contributed by atoms with Gasteiger partial charge in [0.1, 0.15) is 12.4 Å². The van der Waals surface area contributed by atoms with Gasteiger partial charge in [-0.2, -0.15) is 0 Å². The average Bonchev–Trinajstić information content (AvgIpc) is 2.55. The lowest BCUT2D eigenvalue weighted by Crippen LogP contribution is -2.40. The van der Waals surface area contributed by atoms with Gasteiger partial charge in [-0.25, -0.2) is 4.99 Å². The van der Waals surface area contributed by atoms with E-state index in [-0.39, 0.29) is 24.0 Å². The molecule has 1 fully saturated rings. The van der Waals surface area contributed by atoms with Crippen molar-refractivity contribution in [1.82, 2.24) is 4.90 Å². The minimum absolute atomic E-state index is 0. The molecule has 0 bridgehead atoms. The molecule has 5 nitrogen and oxygen atoms in total. The smallest absolute Gasteiger partial charge is 0.191 e. The minimum atomic E-state index is 0. The van der Waals surface area contributed by atoms with Crippen LogP contribution in [0.4, 0.5) is 0 Å². The molecule has 124 valence electrons. The molecule has 0 spiro atoms. The molecule has 0 atom stereocenters. The quantitative estimate of drug-likeness (QED) is 0.333. The largest absolute Gasteiger partial charge is 0.491 e. The van der Waals surface area contributed by atoms with Crippen LogP contribution in [0, 0.1) is 0 Å². The molecule has 1 heterocycles. The van der Waals surface area contributed by atoms with Gasteiger partial charge in [-0.3, -0.25) is 0 Å². The van der Waals surface area contributed by atoms with Gasteiger partial charge in [-0.05, 0) is 37.0 Å². The molecule has 1 aromatic carbocycles. The summed E-state index contributed by atoms with van der Waals surface area (Å²) in [4.78, 5) is 6.66. The van der Waals surface area contributed by atoms with Gasteiger partial charge in [0.2, 0.25) is 0 Å². The second-order valence-corrected chi connectivity index (χ2v) is 5.21. The number of nitrogens with zero attached hydrogens (tertiary/aromatic N) is 2. The highest BCUT2D eigenvalue weighted by Gasteiger charge is 2.11. The third-order valence-corrected chi connectivity index (χ3v) is 3.58. The molecule has 2 N–H and O–H groups in total. The molecule has 1 aliphatic heterocycles. The zero-order valence-electron chi connectivity index (χ0n) is 13.2. The van der Waals surface area contributed by atoms with Crippen LogP contribution in [0.1, 0.15) is 24.8 Å². The van der Waals surface area contributed by atoms with Gasteiger partial charge in [-0.1, -0.05) is 12.1 Å². The number of halogens is 1. The fourth-order valence-corrected chi connectivity index (χ4v) is 2.33. The Hall–Kier alpha value is -1.02. The van der Waals surface area contributed by atoms with Crippen molar-refractivity contribution in [2.24, 2.45) is 10.7 Å². The zero-order chi connectivity index (χ0) is 14.9. The number of benzene rings is 1. The topological polar surface area (TPSA) is 60.1 Å². The Bertz CT molecular complexity index is 445. The number of nitrogens with two attached hydrogens (primary N) is 1. The third kappa shape index (κ3) is 6.39. The molecule has 0 saturated carbocycles. The Balaban J connectivity index is 0.00000242. The van der Waals surface area contributed by atoms with Crippen LogP contribution in [0.2, 0.25) is 0 Å². The Morgan fingerprint density at radius 2 is 1.82 bits per heavy atom. The number of likely N-dealkylation sites (tertiary alicyclic amines) is 1. The van der Waals surface area contributed by atoms with E-state index in [0.717, 1.165) is 24.4 Å².